The average Bonchev–Trinajstić information content (AvgIpc) is 3.32. The smallest absolute Gasteiger partial charge is 0.291 e. The first kappa shape index (κ1) is 20.6. The van der Waals surface area contributed by atoms with Crippen LogP contribution in [0, 0.1) is 20.8 Å². The van der Waals surface area contributed by atoms with Crippen LogP contribution in [-0.4, -0.2) is 15.7 Å². The Bertz CT molecular complexity index is 1330. The van der Waals surface area contributed by atoms with Crippen LogP contribution in [0.15, 0.2) is 53.1 Å². The van der Waals surface area contributed by atoms with E-state index in [-0.39, 0.29) is 5.91 Å². The van der Waals surface area contributed by atoms with Crippen LogP contribution < -0.4 is 5.32 Å². The molecule has 5 rings (SSSR count). The fourth-order valence-electron chi connectivity index (χ4n) is 4.24. The van der Waals surface area contributed by atoms with Crippen molar-refractivity contribution in [2.75, 3.05) is 5.32 Å². The first-order chi connectivity index (χ1) is 15.4. The lowest BCUT2D eigenvalue weighted by Crippen LogP contribution is -2.12. The average molecular weight is 446 g/mol. The van der Waals surface area contributed by atoms with Gasteiger partial charge in [-0.3, -0.25) is 9.48 Å². The lowest BCUT2D eigenvalue weighted by molar-refractivity contribution is 0.0994. The molecule has 0 atom stereocenters. The van der Waals surface area contributed by atoms with E-state index in [0.29, 0.717) is 12.3 Å². The van der Waals surface area contributed by atoms with Crippen molar-refractivity contribution in [3.8, 4) is 11.3 Å². The standard InChI is InChI=1S/C26H24ClN3O2/c1-15-4-10-21(12-16(15)2)28-26(31)25-17(3)23-22(32-25)11-7-19-14-30(29-24(19)23)13-18-5-8-20(27)9-6-18/h4-6,8-10,12,14H,7,11,13H2,1-3H3,(H,28,31). The number of nitrogens with one attached hydrogen (secondary N) is 1. The van der Waals surface area contributed by atoms with Crippen LogP contribution in [0.25, 0.3) is 11.3 Å². The highest BCUT2D eigenvalue weighted by Gasteiger charge is 2.29. The topological polar surface area (TPSA) is 60.1 Å². The Morgan fingerprint density at radius 3 is 2.62 bits per heavy atom. The molecule has 1 amide bonds. The predicted molar refractivity (Wildman–Crippen MR) is 126 cm³/mol. The molecule has 2 aromatic carbocycles. The Hall–Kier alpha value is -3.31. The van der Waals surface area contributed by atoms with Gasteiger partial charge in [0.15, 0.2) is 5.76 Å². The molecule has 2 aromatic heterocycles. The summed E-state index contributed by atoms with van der Waals surface area (Å²) in [6.07, 6.45) is 3.69. The van der Waals surface area contributed by atoms with Crippen LogP contribution in [0.4, 0.5) is 5.69 Å². The lowest BCUT2D eigenvalue weighted by Gasteiger charge is -2.09. The van der Waals surface area contributed by atoms with Gasteiger partial charge in [0, 0.05) is 34.5 Å². The number of hydrogen-bond acceptors (Lipinski definition) is 3. The van der Waals surface area contributed by atoms with E-state index in [4.69, 9.17) is 21.1 Å². The normalized spacial score (nSPS) is 12.4. The molecule has 0 radical (unpaired) electrons. The fraction of sp³-hybridized carbons (Fsp3) is 0.231. The van der Waals surface area contributed by atoms with E-state index in [9.17, 15) is 4.79 Å². The molecule has 1 N–H and O–H groups in total. The van der Waals surface area contributed by atoms with E-state index in [1.54, 1.807) is 0 Å². The molecule has 0 aliphatic heterocycles. The van der Waals surface area contributed by atoms with Gasteiger partial charge in [-0.2, -0.15) is 5.10 Å². The highest BCUT2D eigenvalue weighted by molar-refractivity contribution is 6.30. The minimum absolute atomic E-state index is 0.234. The molecule has 6 heteroatoms. The molecule has 162 valence electrons. The van der Waals surface area contributed by atoms with Crippen LogP contribution in [0.5, 0.6) is 0 Å². The number of carbonyl (C=O) groups excluding carboxylic acids is 1. The zero-order valence-corrected chi connectivity index (χ0v) is 19.1. The first-order valence-electron chi connectivity index (χ1n) is 10.7. The Morgan fingerprint density at radius 1 is 1.09 bits per heavy atom. The van der Waals surface area contributed by atoms with Crippen molar-refractivity contribution in [3.63, 3.8) is 0 Å². The predicted octanol–water partition coefficient (Wildman–Crippen LogP) is 6.12. The molecule has 0 spiro atoms. The third-order valence-corrected chi connectivity index (χ3v) is 6.40. The van der Waals surface area contributed by atoms with Gasteiger partial charge < -0.3 is 9.73 Å². The number of fused-ring (bicyclic) bond motifs is 3. The molecular formula is C26H24ClN3O2. The minimum atomic E-state index is -0.234. The van der Waals surface area contributed by atoms with Crippen molar-refractivity contribution in [2.45, 2.75) is 40.2 Å². The number of benzene rings is 2. The van der Waals surface area contributed by atoms with E-state index in [1.807, 2.05) is 61.0 Å². The maximum absolute atomic E-state index is 13.0. The van der Waals surface area contributed by atoms with Crippen LogP contribution >= 0.6 is 11.6 Å². The number of anilines is 1. The molecule has 2 heterocycles. The van der Waals surface area contributed by atoms with E-state index in [1.165, 1.54) is 11.1 Å². The van der Waals surface area contributed by atoms with Gasteiger partial charge >= 0.3 is 0 Å². The number of amides is 1. The molecule has 0 saturated heterocycles. The van der Waals surface area contributed by atoms with Crippen molar-refractivity contribution < 1.29 is 9.21 Å². The second-order valence-electron chi connectivity index (χ2n) is 8.43. The summed E-state index contributed by atoms with van der Waals surface area (Å²) in [4.78, 5) is 13.0. The molecule has 32 heavy (non-hydrogen) atoms. The molecular weight excluding hydrogens is 422 g/mol. The van der Waals surface area contributed by atoms with Crippen molar-refractivity contribution in [1.82, 2.24) is 9.78 Å². The van der Waals surface area contributed by atoms with Crippen molar-refractivity contribution in [1.29, 1.82) is 0 Å². The zero-order chi connectivity index (χ0) is 22.4. The third-order valence-electron chi connectivity index (χ3n) is 6.14. The monoisotopic (exact) mass is 445 g/mol. The molecule has 1 aliphatic carbocycles. The van der Waals surface area contributed by atoms with Crippen molar-refractivity contribution in [3.05, 3.63) is 93.0 Å². The summed E-state index contributed by atoms with van der Waals surface area (Å²) in [6.45, 7) is 6.68. The highest BCUT2D eigenvalue weighted by Crippen LogP contribution is 2.38. The lowest BCUT2D eigenvalue weighted by atomic mass is 9.93. The van der Waals surface area contributed by atoms with Gasteiger partial charge in [0.25, 0.3) is 5.91 Å². The highest BCUT2D eigenvalue weighted by atomic mass is 35.5. The van der Waals surface area contributed by atoms with Gasteiger partial charge in [-0.25, -0.2) is 0 Å². The molecule has 0 bridgehead atoms. The number of nitrogens with zero attached hydrogens (tertiary/aromatic N) is 2. The number of aromatic nitrogens is 2. The minimum Gasteiger partial charge on any atom is -0.455 e. The second-order valence-corrected chi connectivity index (χ2v) is 8.87. The van der Waals surface area contributed by atoms with Gasteiger partial charge in [-0.15, -0.1) is 0 Å². The van der Waals surface area contributed by atoms with E-state index < -0.39 is 0 Å². The first-order valence-corrected chi connectivity index (χ1v) is 11.1. The maximum atomic E-state index is 13.0. The van der Waals surface area contributed by atoms with Gasteiger partial charge in [-0.05, 0) is 73.7 Å². The number of halogens is 1. The zero-order valence-electron chi connectivity index (χ0n) is 18.3. The Morgan fingerprint density at radius 2 is 1.88 bits per heavy atom. The molecule has 1 aliphatic rings. The Kier molecular flexibility index (Phi) is 5.14. The van der Waals surface area contributed by atoms with Crippen molar-refractivity contribution >= 4 is 23.2 Å². The summed E-state index contributed by atoms with van der Waals surface area (Å²) in [5.41, 5.74) is 8.09. The van der Waals surface area contributed by atoms with Gasteiger partial charge in [0.1, 0.15) is 5.76 Å². The third kappa shape index (κ3) is 3.73. The van der Waals surface area contributed by atoms with Gasteiger partial charge in [0.05, 0.1) is 12.2 Å². The number of aryl methyl sites for hydroxylation is 4. The summed E-state index contributed by atoms with van der Waals surface area (Å²) < 4.78 is 8.00. The molecule has 5 nitrogen and oxygen atoms in total. The molecule has 0 unspecified atom stereocenters. The van der Waals surface area contributed by atoms with E-state index >= 15 is 0 Å². The van der Waals surface area contributed by atoms with E-state index in [2.05, 4.69) is 18.4 Å². The Balaban J connectivity index is 1.43. The summed E-state index contributed by atoms with van der Waals surface area (Å²) in [5, 5.41) is 8.54. The summed E-state index contributed by atoms with van der Waals surface area (Å²) in [5.74, 6) is 0.951. The van der Waals surface area contributed by atoms with Crippen LogP contribution in [-0.2, 0) is 19.4 Å². The summed E-state index contributed by atoms with van der Waals surface area (Å²) in [6, 6.07) is 13.7. The Labute approximate surface area is 192 Å². The quantitative estimate of drug-likeness (QED) is 0.411. The SMILES string of the molecule is Cc1ccc(NC(=O)c2oc3c(c2C)-c2nn(Cc4ccc(Cl)cc4)cc2CC3)cc1C. The fourth-order valence-corrected chi connectivity index (χ4v) is 4.37. The van der Waals surface area contributed by atoms with Crippen LogP contribution in [0.2, 0.25) is 5.02 Å². The van der Waals surface area contributed by atoms with E-state index in [0.717, 1.165) is 57.3 Å². The second kappa shape index (κ2) is 7.99. The molecule has 0 fully saturated rings. The number of rotatable bonds is 4. The number of hydrogen-bond donors (Lipinski definition) is 1. The maximum Gasteiger partial charge on any atom is 0.291 e. The van der Waals surface area contributed by atoms with Crippen molar-refractivity contribution in [2.24, 2.45) is 0 Å². The largest absolute Gasteiger partial charge is 0.455 e. The summed E-state index contributed by atoms with van der Waals surface area (Å²) >= 11 is 6.00. The van der Waals surface area contributed by atoms with Crippen LogP contribution in [0.1, 0.15) is 44.1 Å². The summed E-state index contributed by atoms with van der Waals surface area (Å²) in [7, 11) is 0. The van der Waals surface area contributed by atoms with Crippen LogP contribution in [0.3, 0.4) is 0 Å². The molecule has 0 saturated carbocycles. The van der Waals surface area contributed by atoms with Gasteiger partial charge in [-0.1, -0.05) is 29.8 Å². The van der Waals surface area contributed by atoms with Gasteiger partial charge in [0.2, 0.25) is 0 Å². The number of carbonyl (C=O) groups is 1. The number of furan rings is 1. The molecule has 4 aromatic rings.